The number of carbonyl (C=O) groups excluding carboxylic acids is 1. The Kier molecular flexibility index (Phi) is 5.53. The second kappa shape index (κ2) is 8.40. The van der Waals surface area contributed by atoms with Gasteiger partial charge in [0, 0.05) is 31.0 Å². The van der Waals surface area contributed by atoms with Gasteiger partial charge in [-0.15, -0.1) is 0 Å². The lowest BCUT2D eigenvalue weighted by Gasteiger charge is -2.20. The number of hydrogen-bond donors (Lipinski definition) is 0. The lowest BCUT2D eigenvalue weighted by Crippen LogP contribution is -2.32. The molecule has 4 rings (SSSR count). The number of hydrogen-bond acceptors (Lipinski definition) is 5. The second-order valence-electron chi connectivity index (χ2n) is 6.45. The Morgan fingerprint density at radius 3 is 2.79 bits per heavy atom. The molecule has 0 spiro atoms. The summed E-state index contributed by atoms with van der Waals surface area (Å²) in [5.74, 6) is 0.210. The van der Waals surface area contributed by atoms with E-state index in [4.69, 9.17) is 4.74 Å². The quantitative estimate of drug-likeness (QED) is 0.454. The van der Waals surface area contributed by atoms with Gasteiger partial charge in [0.15, 0.2) is 5.13 Å². The van der Waals surface area contributed by atoms with Crippen LogP contribution >= 0.6 is 11.3 Å². The highest BCUT2D eigenvalue weighted by atomic mass is 32.1. The number of nitrogens with zero attached hydrogens (tertiary/aromatic N) is 4. The predicted octanol–water partition coefficient (Wildman–Crippen LogP) is 4.38. The van der Waals surface area contributed by atoms with Gasteiger partial charge in [0.2, 0.25) is 0 Å². The number of benzene rings is 2. The molecular formula is C21H19FN4O2S. The van der Waals surface area contributed by atoms with Gasteiger partial charge in [-0.25, -0.2) is 14.4 Å². The number of halogens is 1. The number of imidazole rings is 1. The number of carbonyl (C=O) groups is 1. The van der Waals surface area contributed by atoms with E-state index in [9.17, 15) is 9.18 Å². The molecule has 6 nitrogen and oxygen atoms in total. The minimum atomic E-state index is -0.319. The molecule has 0 radical (unpaired) electrons. The summed E-state index contributed by atoms with van der Waals surface area (Å²) in [5.41, 5.74) is 1.22. The second-order valence-corrected chi connectivity index (χ2v) is 7.46. The van der Waals surface area contributed by atoms with Crippen LogP contribution in [0.4, 0.5) is 9.52 Å². The number of ether oxygens (including phenoxy) is 1. The first-order chi connectivity index (χ1) is 14.1. The average Bonchev–Trinajstić information content (AvgIpc) is 3.40. The molecule has 29 heavy (non-hydrogen) atoms. The topological polar surface area (TPSA) is 60.2 Å². The Hall–Kier alpha value is -3.26. The van der Waals surface area contributed by atoms with Crippen molar-refractivity contribution in [1.82, 2.24) is 14.5 Å². The molecular weight excluding hydrogens is 391 g/mol. The standard InChI is InChI=1S/C21H19FN4O2S/c1-28-17-6-3-15(4-7-17)20(27)26(11-2-10-25-12-9-23-14-25)21-24-18-8-5-16(22)13-19(18)29-21/h3-9,12-14H,2,10-11H2,1H3. The highest BCUT2D eigenvalue weighted by molar-refractivity contribution is 7.22. The predicted molar refractivity (Wildman–Crippen MR) is 111 cm³/mol. The van der Waals surface area contributed by atoms with Crippen molar-refractivity contribution in [3.63, 3.8) is 0 Å². The Morgan fingerprint density at radius 1 is 1.24 bits per heavy atom. The van der Waals surface area contributed by atoms with Crippen molar-refractivity contribution in [2.24, 2.45) is 0 Å². The molecule has 0 aliphatic heterocycles. The molecule has 0 aliphatic rings. The summed E-state index contributed by atoms with van der Waals surface area (Å²) < 4.78 is 21.4. The first kappa shape index (κ1) is 19.1. The molecule has 148 valence electrons. The van der Waals surface area contributed by atoms with E-state index in [0.717, 1.165) is 13.0 Å². The summed E-state index contributed by atoms with van der Waals surface area (Å²) in [6.45, 7) is 1.21. The van der Waals surface area contributed by atoms with Gasteiger partial charge in [-0.1, -0.05) is 11.3 Å². The molecule has 0 saturated heterocycles. The Morgan fingerprint density at radius 2 is 2.07 bits per heavy atom. The van der Waals surface area contributed by atoms with E-state index in [2.05, 4.69) is 9.97 Å². The molecule has 1 amide bonds. The molecule has 0 saturated carbocycles. The number of aryl methyl sites for hydroxylation is 1. The summed E-state index contributed by atoms with van der Waals surface area (Å²) in [5, 5.41) is 0.553. The third kappa shape index (κ3) is 4.27. The van der Waals surface area contributed by atoms with Crippen molar-refractivity contribution >= 4 is 32.6 Å². The monoisotopic (exact) mass is 410 g/mol. The molecule has 0 unspecified atom stereocenters. The van der Waals surface area contributed by atoms with Crippen molar-refractivity contribution in [2.75, 3.05) is 18.6 Å². The molecule has 8 heteroatoms. The van der Waals surface area contributed by atoms with Crippen molar-refractivity contribution in [3.05, 3.63) is 72.6 Å². The molecule has 4 aromatic rings. The summed E-state index contributed by atoms with van der Waals surface area (Å²) in [7, 11) is 1.58. The largest absolute Gasteiger partial charge is 0.497 e. The minimum Gasteiger partial charge on any atom is -0.497 e. The van der Waals surface area contributed by atoms with Crippen molar-refractivity contribution in [1.29, 1.82) is 0 Å². The van der Waals surface area contributed by atoms with E-state index in [1.807, 2.05) is 10.8 Å². The van der Waals surface area contributed by atoms with E-state index in [0.29, 0.717) is 33.2 Å². The van der Waals surface area contributed by atoms with Crippen molar-refractivity contribution in [3.8, 4) is 5.75 Å². The highest BCUT2D eigenvalue weighted by Gasteiger charge is 2.21. The summed E-state index contributed by atoms with van der Waals surface area (Å²) in [6, 6.07) is 11.4. The van der Waals surface area contributed by atoms with Gasteiger partial charge in [-0.2, -0.15) is 0 Å². The van der Waals surface area contributed by atoms with E-state index < -0.39 is 0 Å². The molecule has 0 aliphatic carbocycles. The van der Waals surface area contributed by atoms with Gasteiger partial charge in [-0.05, 0) is 48.9 Å². The van der Waals surface area contributed by atoms with Crippen LogP contribution in [0.1, 0.15) is 16.8 Å². The van der Waals surface area contributed by atoms with E-state index in [-0.39, 0.29) is 11.7 Å². The van der Waals surface area contributed by atoms with Gasteiger partial charge < -0.3 is 9.30 Å². The lowest BCUT2D eigenvalue weighted by atomic mass is 10.2. The van der Waals surface area contributed by atoms with Crippen LogP contribution in [0.25, 0.3) is 10.2 Å². The Balaban J connectivity index is 1.61. The average molecular weight is 410 g/mol. The van der Waals surface area contributed by atoms with Crippen LogP contribution in [0.5, 0.6) is 5.75 Å². The SMILES string of the molecule is COc1ccc(C(=O)N(CCCn2ccnc2)c2nc3ccc(F)cc3s2)cc1. The first-order valence-corrected chi connectivity index (χ1v) is 9.93. The van der Waals surface area contributed by atoms with Crippen LogP contribution in [0.15, 0.2) is 61.2 Å². The maximum Gasteiger partial charge on any atom is 0.260 e. The van der Waals surface area contributed by atoms with Gasteiger partial charge in [0.25, 0.3) is 5.91 Å². The normalized spacial score (nSPS) is 11.0. The number of thiazole rings is 1. The van der Waals surface area contributed by atoms with E-state index in [1.165, 1.54) is 23.5 Å². The van der Waals surface area contributed by atoms with Crippen molar-refractivity contribution in [2.45, 2.75) is 13.0 Å². The fourth-order valence-corrected chi connectivity index (χ4v) is 4.02. The molecule has 0 fully saturated rings. The molecule has 0 atom stereocenters. The van der Waals surface area contributed by atoms with Crippen LogP contribution < -0.4 is 9.64 Å². The van der Waals surface area contributed by atoms with Crippen LogP contribution in [0.2, 0.25) is 0 Å². The zero-order valence-corrected chi connectivity index (χ0v) is 16.6. The zero-order valence-electron chi connectivity index (χ0n) is 15.8. The van der Waals surface area contributed by atoms with E-state index >= 15 is 0 Å². The van der Waals surface area contributed by atoms with Crippen LogP contribution in [-0.2, 0) is 6.54 Å². The number of anilines is 1. The van der Waals surface area contributed by atoms with Crippen LogP contribution in [-0.4, -0.2) is 34.1 Å². The van der Waals surface area contributed by atoms with Gasteiger partial charge in [-0.3, -0.25) is 9.69 Å². The zero-order chi connectivity index (χ0) is 20.2. The van der Waals surface area contributed by atoms with E-state index in [1.54, 1.807) is 54.9 Å². The minimum absolute atomic E-state index is 0.155. The summed E-state index contributed by atoms with van der Waals surface area (Å²) >= 11 is 1.31. The molecule has 0 N–H and O–H groups in total. The Labute approximate surface area is 171 Å². The number of methoxy groups -OCH3 is 1. The number of aromatic nitrogens is 3. The maximum absolute atomic E-state index is 13.6. The summed E-state index contributed by atoms with van der Waals surface area (Å²) in [4.78, 5) is 23.5. The fraction of sp³-hybridized carbons (Fsp3) is 0.190. The highest BCUT2D eigenvalue weighted by Crippen LogP contribution is 2.30. The smallest absolute Gasteiger partial charge is 0.260 e. The Bertz CT molecular complexity index is 1110. The van der Waals surface area contributed by atoms with Gasteiger partial charge >= 0.3 is 0 Å². The van der Waals surface area contributed by atoms with Gasteiger partial charge in [0.05, 0.1) is 23.7 Å². The lowest BCUT2D eigenvalue weighted by molar-refractivity contribution is 0.0986. The third-order valence-corrected chi connectivity index (χ3v) is 5.55. The molecule has 0 bridgehead atoms. The summed E-state index contributed by atoms with van der Waals surface area (Å²) in [6.07, 6.45) is 6.08. The molecule has 2 heterocycles. The molecule has 2 aromatic heterocycles. The van der Waals surface area contributed by atoms with Crippen LogP contribution in [0, 0.1) is 5.82 Å². The maximum atomic E-state index is 13.6. The number of amides is 1. The third-order valence-electron chi connectivity index (χ3n) is 4.51. The first-order valence-electron chi connectivity index (χ1n) is 9.12. The number of fused-ring (bicyclic) bond motifs is 1. The van der Waals surface area contributed by atoms with Crippen LogP contribution in [0.3, 0.4) is 0 Å². The van der Waals surface area contributed by atoms with Gasteiger partial charge in [0.1, 0.15) is 11.6 Å². The molecule has 2 aromatic carbocycles. The van der Waals surface area contributed by atoms with Crippen molar-refractivity contribution < 1.29 is 13.9 Å². The fourth-order valence-electron chi connectivity index (χ4n) is 3.01. The number of rotatable bonds is 7.